The van der Waals surface area contributed by atoms with Gasteiger partial charge in [0, 0.05) is 17.2 Å². The maximum absolute atomic E-state index is 11.3. The topological polar surface area (TPSA) is 42.0 Å². The Morgan fingerprint density at radius 2 is 2.53 bits per heavy atom. The van der Waals surface area contributed by atoms with Gasteiger partial charge in [0.15, 0.2) is 0 Å². The first-order chi connectivity index (χ1) is 7.24. The van der Waals surface area contributed by atoms with Crippen molar-refractivity contribution in [1.29, 1.82) is 0 Å². The molecule has 15 heavy (non-hydrogen) atoms. The molecule has 1 amide bonds. The molecule has 3 nitrogen and oxygen atoms in total. The molecule has 0 unspecified atom stereocenters. The van der Waals surface area contributed by atoms with Gasteiger partial charge in [0.25, 0.3) is 0 Å². The number of hydrogen-bond donors (Lipinski definition) is 1. The molecular formula is C10H11BrN2OS. The minimum absolute atomic E-state index is 0.0162. The number of pyridine rings is 1. The molecule has 1 N–H and O–H groups in total. The Hall–Kier alpha value is -0.810. The van der Waals surface area contributed by atoms with Gasteiger partial charge in [-0.15, -0.1) is 6.58 Å². The fraction of sp³-hybridized carbons (Fsp3) is 0.200. The summed E-state index contributed by atoms with van der Waals surface area (Å²) in [4.78, 5) is 15.4. The minimum Gasteiger partial charge on any atom is -0.352 e. The molecule has 0 aliphatic rings. The maximum Gasteiger partial charge on any atom is 0.230 e. The Morgan fingerprint density at radius 3 is 3.20 bits per heavy atom. The molecule has 1 aromatic rings. The number of nitrogens with zero attached hydrogens (tertiary/aromatic N) is 1. The second-order valence-corrected chi connectivity index (χ2v) is 4.49. The molecule has 1 aromatic heterocycles. The van der Waals surface area contributed by atoms with Gasteiger partial charge in [-0.1, -0.05) is 17.8 Å². The molecule has 0 atom stereocenters. The number of nitrogens with one attached hydrogen (secondary N) is 1. The largest absolute Gasteiger partial charge is 0.352 e. The molecule has 0 spiro atoms. The van der Waals surface area contributed by atoms with Gasteiger partial charge in [-0.2, -0.15) is 0 Å². The Kier molecular flexibility index (Phi) is 5.42. The van der Waals surface area contributed by atoms with E-state index in [0.717, 1.165) is 9.50 Å². The zero-order chi connectivity index (χ0) is 11.1. The van der Waals surface area contributed by atoms with Crippen LogP contribution in [-0.2, 0) is 4.79 Å². The lowest BCUT2D eigenvalue weighted by Crippen LogP contribution is -2.24. The number of aromatic nitrogens is 1. The van der Waals surface area contributed by atoms with Crippen molar-refractivity contribution < 1.29 is 4.79 Å². The number of rotatable bonds is 5. The molecule has 0 saturated carbocycles. The van der Waals surface area contributed by atoms with Crippen LogP contribution < -0.4 is 5.32 Å². The smallest absolute Gasteiger partial charge is 0.230 e. The number of carbonyl (C=O) groups excluding carboxylic acids is 1. The standard InChI is InChI=1S/C10H11BrN2OS/c1-2-5-12-9(14)7-15-10-8(11)4-3-6-13-10/h2-4,6H,1,5,7H2,(H,12,14). The van der Waals surface area contributed by atoms with E-state index in [2.05, 4.69) is 32.8 Å². The summed E-state index contributed by atoms with van der Waals surface area (Å²) < 4.78 is 0.909. The van der Waals surface area contributed by atoms with Crippen molar-refractivity contribution in [3.8, 4) is 0 Å². The lowest BCUT2D eigenvalue weighted by molar-refractivity contribution is -0.118. The zero-order valence-corrected chi connectivity index (χ0v) is 10.5. The third-order valence-electron chi connectivity index (χ3n) is 1.51. The predicted octanol–water partition coefficient (Wildman–Crippen LogP) is 2.24. The summed E-state index contributed by atoms with van der Waals surface area (Å²) >= 11 is 4.77. The Balaban J connectivity index is 2.40. The molecule has 80 valence electrons. The van der Waals surface area contributed by atoms with Crippen molar-refractivity contribution >= 4 is 33.6 Å². The van der Waals surface area contributed by atoms with Crippen molar-refractivity contribution in [3.05, 3.63) is 35.5 Å². The lowest BCUT2D eigenvalue weighted by Gasteiger charge is -2.03. The number of thioether (sulfide) groups is 1. The molecule has 0 aliphatic heterocycles. The minimum atomic E-state index is -0.0162. The Labute approximate surface area is 101 Å². The fourth-order valence-corrected chi connectivity index (χ4v) is 2.16. The lowest BCUT2D eigenvalue weighted by atomic mass is 10.5. The second kappa shape index (κ2) is 6.63. The van der Waals surface area contributed by atoms with Crippen molar-refractivity contribution in [2.24, 2.45) is 0 Å². The number of carbonyl (C=O) groups is 1. The van der Waals surface area contributed by atoms with Gasteiger partial charge in [-0.05, 0) is 28.1 Å². The van der Waals surface area contributed by atoms with E-state index >= 15 is 0 Å². The summed E-state index contributed by atoms with van der Waals surface area (Å²) in [6, 6.07) is 3.74. The van der Waals surface area contributed by atoms with Crippen LogP contribution in [0.4, 0.5) is 0 Å². The van der Waals surface area contributed by atoms with Crippen LogP contribution in [0.25, 0.3) is 0 Å². The van der Waals surface area contributed by atoms with Crippen molar-refractivity contribution in [2.75, 3.05) is 12.3 Å². The summed E-state index contributed by atoms with van der Waals surface area (Å²) in [5, 5.41) is 3.53. The molecule has 0 fully saturated rings. The normalized spacial score (nSPS) is 9.67. The van der Waals surface area contributed by atoms with Crippen LogP contribution in [0.3, 0.4) is 0 Å². The van der Waals surface area contributed by atoms with E-state index < -0.39 is 0 Å². The molecule has 5 heteroatoms. The maximum atomic E-state index is 11.3. The highest BCUT2D eigenvalue weighted by molar-refractivity contribution is 9.10. The van der Waals surface area contributed by atoms with Gasteiger partial charge < -0.3 is 5.32 Å². The Morgan fingerprint density at radius 1 is 1.73 bits per heavy atom. The van der Waals surface area contributed by atoms with E-state index in [-0.39, 0.29) is 5.91 Å². The molecule has 0 radical (unpaired) electrons. The highest BCUT2D eigenvalue weighted by Crippen LogP contribution is 2.23. The highest BCUT2D eigenvalue weighted by atomic mass is 79.9. The molecule has 1 heterocycles. The Bertz CT molecular complexity index is 357. The van der Waals surface area contributed by atoms with Crippen LogP contribution in [0.15, 0.2) is 40.5 Å². The van der Waals surface area contributed by atoms with Crippen LogP contribution in [0.5, 0.6) is 0 Å². The van der Waals surface area contributed by atoms with Crippen LogP contribution in [0, 0.1) is 0 Å². The summed E-state index contributed by atoms with van der Waals surface area (Å²) in [6.45, 7) is 4.03. The third-order valence-corrected chi connectivity index (χ3v) is 3.42. The number of hydrogen-bond acceptors (Lipinski definition) is 3. The fourth-order valence-electron chi connectivity index (χ4n) is 0.848. The van der Waals surface area contributed by atoms with Gasteiger partial charge in [0.05, 0.1) is 5.75 Å². The highest BCUT2D eigenvalue weighted by Gasteiger charge is 2.04. The first kappa shape index (κ1) is 12.3. The van der Waals surface area contributed by atoms with Gasteiger partial charge >= 0.3 is 0 Å². The quantitative estimate of drug-likeness (QED) is 0.667. The summed E-state index contributed by atoms with van der Waals surface area (Å²) in [7, 11) is 0. The molecule has 0 aromatic carbocycles. The van der Waals surface area contributed by atoms with E-state index in [1.807, 2.05) is 12.1 Å². The van der Waals surface area contributed by atoms with Gasteiger partial charge in [0.2, 0.25) is 5.91 Å². The molecule has 1 rings (SSSR count). The van der Waals surface area contributed by atoms with Gasteiger partial charge in [0.1, 0.15) is 5.03 Å². The van der Waals surface area contributed by atoms with Crippen molar-refractivity contribution in [3.63, 3.8) is 0 Å². The van der Waals surface area contributed by atoms with Crippen molar-refractivity contribution in [1.82, 2.24) is 10.3 Å². The summed E-state index contributed by atoms with van der Waals surface area (Å²) in [5.41, 5.74) is 0. The predicted molar refractivity (Wildman–Crippen MR) is 65.9 cm³/mol. The molecule has 0 bridgehead atoms. The first-order valence-electron chi connectivity index (χ1n) is 4.35. The SMILES string of the molecule is C=CCNC(=O)CSc1ncccc1Br. The molecule has 0 aliphatic carbocycles. The monoisotopic (exact) mass is 286 g/mol. The third kappa shape index (κ3) is 4.48. The van der Waals surface area contributed by atoms with Crippen molar-refractivity contribution in [2.45, 2.75) is 5.03 Å². The molecular weight excluding hydrogens is 276 g/mol. The average molecular weight is 287 g/mol. The second-order valence-electron chi connectivity index (χ2n) is 2.67. The number of halogens is 1. The van der Waals surface area contributed by atoms with E-state index in [1.165, 1.54) is 11.8 Å². The zero-order valence-electron chi connectivity index (χ0n) is 8.07. The van der Waals surface area contributed by atoms with Crippen LogP contribution in [0.2, 0.25) is 0 Å². The summed E-state index contributed by atoms with van der Waals surface area (Å²) in [5.74, 6) is 0.348. The first-order valence-corrected chi connectivity index (χ1v) is 6.13. The van der Waals surface area contributed by atoms with E-state index in [1.54, 1.807) is 12.3 Å². The van der Waals surface area contributed by atoms with Crippen LogP contribution in [0.1, 0.15) is 0 Å². The van der Waals surface area contributed by atoms with E-state index in [9.17, 15) is 4.79 Å². The van der Waals surface area contributed by atoms with E-state index in [0.29, 0.717) is 12.3 Å². The van der Waals surface area contributed by atoms with E-state index in [4.69, 9.17) is 0 Å². The van der Waals surface area contributed by atoms with Gasteiger partial charge in [-0.25, -0.2) is 4.98 Å². The average Bonchev–Trinajstić information content (AvgIpc) is 2.25. The summed E-state index contributed by atoms with van der Waals surface area (Å²) in [6.07, 6.45) is 3.36. The van der Waals surface area contributed by atoms with Crippen LogP contribution >= 0.6 is 27.7 Å². The number of amides is 1. The van der Waals surface area contributed by atoms with Gasteiger partial charge in [-0.3, -0.25) is 4.79 Å². The molecule has 0 saturated heterocycles. The van der Waals surface area contributed by atoms with Crippen LogP contribution in [-0.4, -0.2) is 23.2 Å².